The summed E-state index contributed by atoms with van der Waals surface area (Å²) in [5, 5.41) is 9.01. The van der Waals surface area contributed by atoms with Gasteiger partial charge in [0.05, 0.1) is 6.61 Å². The predicted octanol–water partition coefficient (Wildman–Crippen LogP) is 2.19. The van der Waals surface area contributed by atoms with Crippen LogP contribution in [0.4, 0.5) is 8.78 Å². The molecular weight excluding hydrogens is 252 g/mol. The lowest BCUT2D eigenvalue weighted by molar-refractivity contribution is 0.0813. The van der Waals surface area contributed by atoms with Crippen LogP contribution in [0.2, 0.25) is 0 Å². The van der Waals surface area contributed by atoms with Crippen molar-refractivity contribution in [2.75, 3.05) is 26.3 Å². The molecular formula is C14H19F2NO2. The topological polar surface area (TPSA) is 32.7 Å². The van der Waals surface area contributed by atoms with E-state index < -0.39 is 11.6 Å². The van der Waals surface area contributed by atoms with Crippen molar-refractivity contribution in [3.8, 4) is 5.75 Å². The van der Waals surface area contributed by atoms with Crippen molar-refractivity contribution in [1.82, 2.24) is 4.90 Å². The molecule has 1 saturated heterocycles. The summed E-state index contributed by atoms with van der Waals surface area (Å²) in [6, 6.07) is 3.79. The smallest absolute Gasteiger partial charge is 0.162 e. The summed E-state index contributed by atoms with van der Waals surface area (Å²) in [6.45, 7) is 2.14. The molecule has 0 saturated carbocycles. The van der Waals surface area contributed by atoms with Crippen LogP contribution in [0, 0.1) is 11.6 Å². The molecule has 0 spiro atoms. The average molecular weight is 271 g/mol. The molecule has 1 N–H and O–H groups in total. The second-order valence-electron chi connectivity index (χ2n) is 4.80. The van der Waals surface area contributed by atoms with Gasteiger partial charge in [0.1, 0.15) is 12.4 Å². The fourth-order valence-corrected chi connectivity index (χ4v) is 2.43. The zero-order chi connectivity index (χ0) is 13.7. The van der Waals surface area contributed by atoms with E-state index in [1.807, 2.05) is 0 Å². The van der Waals surface area contributed by atoms with E-state index in [1.54, 1.807) is 0 Å². The van der Waals surface area contributed by atoms with Crippen molar-refractivity contribution < 1.29 is 18.6 Å². The van der Waals surface area contributed by atoms with Gasteiger partial charge in [-0.3, -0.25) is 4.90 Å². The van der Waals surface area contributed by atoms with Crippen LogP contribution in [0.25, 0.3) is 0 Å². The number of nitrogens with zero attached hydrogens (tertiary/aromatic N) is 1. The fraction of sp³-hybridized carbons (Fsp3) is 0.571. The molecule has 1 aromatic rings. The van der Waals surface area contributed by atoms with Gasteiger partial charge in [0.2, 0.25) is 0 Å². The third-order valence-electron chi connectivity index (χ3n) is 3.47. The Hall–Kier alpha value is -1.20. The molecule has 1 fully saturated rings. The van der Waals surface area contributed by atoms with E-state index in [0.29, 0.717) is 18.9 Å². The minimum atomic E-state index is -0.895. The fourth-order valence-electron chi connectivity index (χ4n) is 2.43. The third kappa shape index (κ3) is 3.88. The highest BCUT2D eigenvalue weighted by atomic mass is 19.2. The van der Waals surface area contributed by atoms with E-state index >= 15 is 0 Å². The van der Waals surface area contributed by atoms with Gasteiger partial charge in [-0.15, -0.1) is 0 Å². The zero-order valence-corrected chi connectivity index (χ0v) is 10.8. The molecule has 1 heterocycles. The maximum Gasteiger partial charge on any atom is 0.162 e. The molecule has 1 unspecified atom stereocenters. The second kappa shape index (κ2) is 6.82. The van der Waals surface area contributed by atoms with Crippen LogP contribution < -0.4 is 4.74 Å². The van der Waals surface area contributed by atoms with Crippen LogP contribution >= 0.6 is 0 Å². The highest BCUT2D eigenvalue weighted by molar-refractivity contribution is 5.23. The summed E-state index contributed by atoms with van der Waals surface area (Å²) in [7, 11) is 0. The van der Waals surface area contributed by atoms with E-state index in [1.165, 1.54) is 6.07 Å². The van der Waals surface area contributed by atoms with Crippen LogP contribution in [0.5, 0.6) is 5.75 Å². The van der Waals surface area contributed by atoms with Gasteiger partial charge in [0.25, 0.3) is 0 Å². The lowest BCUT2D eigenvalue weighted by Crippen LogP contribution is -2.44. The molecule has 1 aromatic carbocycles. The molecule has 1 atom stereocenters. The molecule has 106 valence electrons. The molecule has 0 aromatic heterocycles. The Morgan fingerprint density at radius 2 is 2.11 bits per heavy atom. The standard InChI is InChI=1S/C14H19F2NO2/c15-13-5-4-12(9-14(13)16)19-10-11-3-1-2-6-17(11)7-8-18/h4-5,9,11,18H,1-3,6-8,10H2. The monoisotopic (exact) mass is 271 g/mol. The first-order chi connectivity index (χ1) is 9.20. The molecule has 19 heavy (non-hydrogen) atoms. The summed E-state index contributed by atoms with van der Waals surface area (Å²) < 4.78 is 31.4. The minimum absolute atomic E-state index is 0.127. The predicted molar refractivity (Wildman–Crippen MR) is 68.2 cm³/mol. The number of hydrogen-bond acceptors (Lipinski definition) is 3. The van der Waals surface area contributed by atoms with Crippen LogP contribution in [0.1, 0.15) is 19.3 Å². The summed E-state index contributed by atoms with van der Waals surface area (Å²) in [4.78, 5) is 2.18. The minimum Gasteiger partial charge on any atom is -0.492 e. The van der Waals surface area contributed by atoms with Crippen LogP contribution in [0.15, 0.2) is 18.2 Å². The summed E-state index contributed by atoms with van der Waals surface area (Å²) >= 11 is 0. The number of rotatable bonds is 5. The largest absolute Gasteiger partial charge is 0.492 e. The number of hydrogen-bond donors (Lipinski definition) is 1. The van der Waals surface area contributed by atoms with E-state index in [-0.39, 0.29) is 12.6 Å². The van der Waals surface area contributed by atoms with Crippen LogP contribution in [0.3, 0.4) is 0 Å². The van der Waals surface area contributed by atoms with Crippen molar-refractivity contribution in [3.05, 3.63) is 29.8 Å². The molecule has 0 aliphatic carbocycles. The van der Waals surface area contributed by atoms with Crippen molar-refractivity contribution in [3.63, 3.8) is 0 Å². The maximum absolute atomic E-state index is 13.0. The Morgan fingerprint density at radius 1 is 1.26 bits per heavy atom. The summed E-state index contributed by atoms with van der Waals surface area (Å²) in [5.41, 5.74) is 0. The van der Waals surface area contributed by atoms with Gasteiger partial charge in [-0.05, 0) is 31.5 Å². The van der Waals surface area contributed by atoms with Gasteiger partial charge < -0.3 is 9.84 Å². The number of β-amino-alcohol motifs (C(OH)–C–C–N with tert-alkyl or cyclic N) is 1. The van der Waals surface area contributed by atoms with E-state index in [2.05, 4.69) is 4.90 Å². The SMILES string of the molecule is OCCN1CCCCC1COc1ccc(F)c(F)c1. The van der Waals surface area contributed by atoms with E-state index in [0.717, 1.165) is 37.9 Å². The number of likely N-dealkylation sites (tertiary alicyclic amines) is 1. The first-order valence-electron chi connectivity index (χ1n) is 6.63. The quantitative estimate of drug-likeness (QED) is 0.891. The summed E-state index contributed by atoms with van der Waals surface area (Å²) in [6.07, 6.45) is 3.26. The number of halogens is 2. The second-order valence-corrected chi connectivity index (χ2v) is 4.80. The lowest BCUT2D eigenvalue weighted by Gasteiger charge is -2.34. The Kier molecular flexibility index (Phi) is 5.10. The molecule has 0 amide bonds. The highest BCUT2D eigenvalue weighted by Crippen LogP contribution is 2.20. The van der Waals surface area contributed by atoms with E-state index in [4.69, 9.17) is 9.84 Å². The van der Waals surface area contributed by atoms with Gasteiger partial charge >= 0.3 is 0 Å². The van der Waals surface area contributed by atoms with Gasteiger partial charge in [-0.1, -0.05) is 6.42 Å². The van der Waals surface area contributed by atoms with Crippen molar-refractivity contribution in [1.29, 1.82) is 0 Å². The Labute approximate surface area is 111 Å². The normalized spacial score (nSPS) is 20.5. The van der Waals surface area contributed by atoms with Crippen molar-refractivity contribution >= 4 is 0 Å². The molecule has 2 rings (SSSR count). The van der Waals surface area contributed by atoms with E-state index in [9.17, 15) is 8.78 Å². The number of benzene rings is 1. The zero-order valence-electron chi connectivity index (χ0n) is 10.8. The molecule has 0 radical (unpaired) electrons. The molecule has 1 aliphatic heterocycles. The highest BCUT2D eigenvalue weighted by Gasteiger charge is 2.22. The Bertz CT molecular complexity index is 412. The lowest BCUT2D eigenvalue weighted by atomic mass is 10.0. The third-order valence-corrected chi connectivity index (χ3v) is 3.47. The molecule has 3 nitrogen and oxygen atoms in total. The molecule has 0 bridgehead atoms. The van der Waals surface area contributed by atoms with Crippen LogP contribution in [-0.2, 0) is 0 Å². The maximum atomic E-state index is 13.0. The van der Waals surface area contributed by atoms with Gasteiger partial charge in [0, 0.05) is 18.7 Å². The van der Waals surface area contributed by atoms with Gasteiger partial charge in [-0.25, -0.2) is 8.78 Å². The Morgan fingerprint density at radius 3 is 2.84 bits per heavy atom. The number of aliphatic hydroxyl groups excluding tert-OH is 1. The molecule has 5 heteroatoms. The average Bonchev–Trinajstić information content (AvgIpc) is 2.42. The van der Waals surface area contributed by atoms with Gasteiger partial charge in [-0.2, -0.15) is 0 Å². The van der Waals surface area contributed by atoms with Crippen molar-refractivity contribution in [2.45, 2.75) is 25.3 Å². The number of piperidine rings is 1. The number of ether oxygens (including phenoxy) is 1. The first kappa shape index (κ1) is 14.2. The first-order valence-corrected chi connectivity index (χ1v) is 6.63. The van der Waals surface area contributed by atoms with Crippen molar-refractivity contribution in [2.24, 2.45) is 0 Å². The number of aliphatic hydroxyl groups is 1. The van der Waals surface area contributed by atoms with Gasteiger partial charge in [0.15, 0.2) is 11.6 Å². The van der Waals surface area contributed by atoms with Crippen LogP contribution in [-0.4, -0.2) is 42.4 Å². The molecule has 1 aliphatic rings. The summed E-state index contributed by atoms with van der Waals surface area (Å²) in [5.74, 6) is -1.42. The Balaban J connectivity index is 1.90.